The van der Waals surface area contributed by atoms with Gasteiger partial charge < -0.3 is 10.1 Å². The third-order valence-corrected chi connectivity index (χ3v) is 3.42. The van der Waals surface area contributed by atoms with Crippen LogP contribution in [0.2, 0.25) is 5.02 Å². The summed E-state index contributed by atoms with van der Waals surface area (Å²) in [5.41, 5.74) is 0.875. The van der Waals surface area contributed by atoms with E-state index in [4.69, 9.17) is 11.6 Å². The molecular formula is C13H14ClF2NO2. The highest BCUT2D eigenvalue weighted by atomic mass is 35.5. The number of hydrogen-bond donors (Lipinski definition) is 1. The predicted octanol–water partition coefficient (Wildman–Crippen LogP) is 2.94. The zero-order valence-corrected chi connectivity index (χ0v) is 11.1. The summed E-state index contributed by atoms with van der Waals surface area (Å²) < 4.78 is 30.6. The number of benzene rings is 1. The number of nitrogens with one attached hydrogen (secondary N) is 1. The number of carbonyl (C=O) groups excluding carboxylic acids is 1. The van der Waals surface area contributed by atoms with Crippen molar-refractivity contribution in [2.45, 2.75) is 31.4 Å². The molecule has 1 saturated heterocycles. The van der Waals surface area contributed by atoms with Crippen molar-refractivity contribution in [2.75, 3.05) is 6.54 Å². The quantitative estimate of drug-likeness (QED) is 0.866. The first-order valence-corrected chi connectivity index (χ1v) is 6.34. The van der Waals surface area contributed by atoms with Gasteiger partial charge in [0.15, 0.2) is 0 Å². The van der Waals surface area contributed by atoms with E-state index >= 15 is 0 Å². The van der Waals surface area contributed by atoms with Crippen LogP contribution in [-0.2, 0) is 9.53 Å². The van der Waals surface area contributed by atoms with Crippen molar-refractivity contribution in [2.24, 2.45) is 0 Å². The lowest BCUT2D eigenvalue weighted by atomic mass is 10.1. The summed E-state index contributed by atoms with van der Waals surface area (Å²) in [7, 11) is 0. The maximum absolute atomic E-state index is 13.0. The Bertz CT molecular complexity index is 481. The van der Waals surface area contributed by atoms with Crippen LogP contribution in [0.4, 0.5) is 8.78 Å². The van der Waals surface area contributed by atoms with Crippen LogP contribution in [0.25, 0.3) is 0 Å². The van der Waals surface area contributed by atoms with E-state index in [0.717, 1.165) is 5.56 Å². The Morgan fingerprint density at radius 1 is 1.53 bits per heavy atom. The van der Waals surface area contributed by atoms with Gasteiger partial charge in [0.25, 0.3) is 0 Å². The van der Waals surface area contributed by atoms with Crippen LogP contribution in [0.5, 0.6) is 0 Å². The molecule has 1 aromatic carbocycles. The number of hydrogen-bond acceptors (Lipinski definition) is 3. The first kappa shape index (κ1) is 14.2. The molecule has 1 heterocycles. The average Bonchev–Trinajstić information content (AvgIpc) is 2.61. The van der Waals surface area contributed by atoms with Crippen molar-refractivity contribution >= 4 is 17.6 Å². The largest absolute Gasteiger partial charge is 0.456 e. The highest BCUT2D eigenvalue weighted by Crippen LogP contribution is 2.31. The fraction of sp³-hybridized carbons (Fsp3) is 0.462. The predicted molar refractivity (Wildman–Crippen MR) is 67.3 cm³/mol. The van der Waals surface area contributed by atoms with E-state index in [0.29, 0.717) is 5.02 Å². The molecule has 0 aliphatic carbocycles. The molecule has 0 spiro atoms. The molecule has 0 saturated carbocycles. The number of rotatable bonds is 4. The molecule has 1 unspecified atom stereocenters. The lowest BCUT2D eigenvalue weighted by Crippen LogP contribution is -2.29. The first-order valence-electron chi connectivity index (χ1n) is 5.97. The minimum absolute atomic E-state index is 0.110. The Labute approximate surface area is 114 Å². The summed E-state index contributed by atoms with van der Waals surface area (Å²) in [4.78, 5) is 10.9. The molecule has 6 heteroatoms. The van der Waals surface area contributed by atoms with E-state index in [1.807, 2.05) is 25.1 Å². The van der Waals surface area contributed by atoms with Crippen molar-refractivity contribution in [3.8, 4) is 0 Å². The maximum atomic E-state index is 13.0. The topological polar surface area (TPSA) is 38.3 Å². The van der Waals surface area contributed by atoms with Gasteiger partial charge in [-0.25, -0.2) is 4.79 Å². The molecule has 1 aliphatic rings. The number of halogens is 3. The van der Waals surface area contributed by atoms with Gasteiger partial charge >= 0.3 is 11.9 Å². The van der Waals surface area contributed by atoms with E-state index in [-0.39, 0.29) is 12.6 Å². The highest BCUT2D eigenvalue weighted by Gasteiger charge is 2.50. The molecule has 104 valence electrons. The van der Waals surface area contributed by atoms with Crippen molar-refractivity contribution in [1.82, 2.24) is 5.32 Å². The summed E-state index contributed by atoms with van der Waals surface area (Å²) >= 11 is 6.04. The van der Waals surface area contributed by atoms with Crippen LogP contribution in [0.1, 0.15) is 24.9 Å². The molecule has 1 aliphatic heterocycles. The Kier molecular flexibility index (Phi) is 4.06. The van der Waals surface area contributed by atoms with Gasteiger partial charge in [0.05, 0.1) is 6.42 Å². The zero-order valence-electron chi connectivity index (χ0n) is 10.3. The average molecular weight is 290 g/mol. The molecule has 19 heavy (non-hydrogen) atoms. The molecule has 2 rings (SSSR count). The van der Waals surface area contributed by atoms with Crippen molar-refractivity contribution < 1.29 is 18.3 Å². The van der Waals surface area contributed by atoms with Gasteiger partial charge in [-0.05, 0) is 18.6 Å². The molecule has 0 amide bonds. The molecule has 0 radical (unpaired) electrons. The van der Waals surface area contributed by atoms with E-state index in [1.54, 1.807) is 6.07 Å². The number of ether oxygens (including phenoxy) is 1. The number of esters is 1. The van der Waals surface area contributed by atoms with Gasteiger partial charge in [-0.1, -0.05) is 29.8 Å². The first-order chi connectivity index (χ1) is 8.90. The van der Waals surface area contributed by atoms with Crippen molar-refractivity contribution in [1.29, 1.82) is 0 Å². The molecular weight excluding hydrogens is 276 g/mol. The van der Waals surface area contributed by atoms with E-state index in [1.165, 1.54) is 0 Å². The van der Waals surface area contributed by atoms with Crippen LogP contribution in [0, 0.1) is 0 Å². The summed E-state index contributed by atoms with van der Waals surface area (Å²) in [6.45, 7) is 2.05. The Morgan fingerprint density at radius 2 is 2.21 bits per heavy atom. The Morgan fingerprint density at radius 3 is 2.79 bits per heavy atom. The van der Waals surface area contributed by atoms with Crippen LogP contribution < -0.4 is 5.32 Å². The molecule has 0 aromatic heterocycles. The summed E-state index contributed by atoms with van der Waals surface area (Å²) in [5, 5.41) is 3.65. The number of cyclic esters (lactones) is 1. The van der Waals surface area contributed by atoms with Gasteiger partial charge in [-0.2, -0.15) is 8.78 Å². The summed E-state index contributed by atoms with van der Waals surface area (Å²) in [6.07, 6.45) is -1.37. The second kappa shape index (κ2) is 5.43. The van der Waals surface area contributed by atoms with Crippen molar-refractivity contribution in [3.05, 3.63) is 34.9 Å². The standard InChI is InChI=1S/C13H14ClF2NO2/c1-8(10-4-2-3-5-11(10)14)17-7-9-6-13(15,16)12(18)19-9/h2-5,8-9,17H,6-7H2,1H3/t8-,9?/m1/s1. The lowest BCUT2D eigenvalue weighted by Gasteiger charge is -2.17. The Hall–Kier alpha value is -1.20. The molecule has 3 nitrogen and oxygen atoms in total. The van der Waals surface area contributed by atoms with Crippen LogP contribution in [-0.4, -0.2) is 24.5 Å². The highest BCUT2D eigenvalue weighted by molar-refractivity contribution is 6.31. The minimum Gasteiger partial charge on any atom is -0.456 e. The maximum Gasteiger partial charge on any atom is 0.377 e. The fourth-order valence-electron chi connectivity index (χ4n) is 2.01. The lowest BCUT2D eigenvalue weighted by molar-refractivity contribution is -0.159. The Balaban J connectivity index is 1.90. The third kappa shape index (κ3) is 3.22. The van der Waals surface area contributed by atoms with Crippen LogP contribution in [0.3, 0.4) is 0 Å². The molecule has 1 aromatic rings. The summed E-state index contributed by atoms with van der Waals surface area (Å²) in [6, 6.07) is 7.18. The van der Waals surface area contributed by atoms with Gasteiger partial charge in [0, 0.05) is 17.6 Å². The molecule has 2 atom stereocenters. The second-order valence-electron chi connectivity index (χ2n) is 4.59. The number of carbonyl (C=O) groups is 1. The molecule has 1 N–H and O–H groups in total. The van der Waals surface area contributed by atoms with Gasteiger partial charge in [-0.3, -0.25) is 0 Å². The zero-order chi connectivity index (χ0) is 14.0. The number of alkyl halides is 2. The van der Waals surface area contributed by atoms with Crippen molar-refractivity contribution in [3.63, 3.8) is 0 Å². The summed E-state index contributed by atoms with van der Waals surface area (Å²) in [5.74, 6) is -4.80. The third-order valence-electron chi connectivity index (χ3n) is 3.08. The van der Waals surface area contributed by atoms with E-state index in [9.17, 15) is 13.6 Å². The van der Waals surface area contributed by atoms with Gasteiger partial charge in [0.2, 0.25) is 0 Å². The van der Waals surface area contributed by atoms with E-state index < -0.39 is 24.4 Å². The van der Waals surface area contributed by atoms with E-state index in [2.05, 4.69) is 10.1 Å². The van der Waals surface area contributed by atoms with Crippen LogP contribution >= 0.6 is 11.6 Å². The van der Waals surface area contributed by atoms with Gasteiger partial charge in [0.1, 0.15) is 6.10 Å². The second-order valence-corrected chi connectivity index (χ2v) is 4.99. The smallest absolute Gasteiger partial charge is 0.377 e. The molecule has 0 bridgehead atoms. The normalized spacial score (nSPS) is 23.2. The monoisotopic (exact) mass is 289 g/mol. The van der Waals surface area contributed by atoms with Gasteiger partial charge in [-0.15, -0.1) is 0 Å². The minimum atomic E-state index is -3.36. The SMILES string of the molecule is C[C@@H](NCC1CC(F)(F)C(=O)O1)c1ccccc1Cl. The molecule has 1 fully saturated rings. The fourth-order valence-corrected chi connectivity index (χ4v) is 2.31. The van der Waals surface area contributed by atoms with Crippen LogP contribution in [0.15, 0.2) is 24.3 Å².